The van der Waals surface area contributed by atoms with Gasteiger partial charge in [-0.2, -0.15) is 0 Å². The molecule has 2 saturated heterocycles. The van der Waals surface area contributed by atoms with E-state index in [9.17, 15) is 18.0 Å². The molecule has 2 N–H and O–H groups in total. The molecule has 4 aliphatic rings. The Hall–Kier alpha value is -2.45. The zero-order valence-corrected chi connectivity index (χ0v) is 22.0. The van der Waals surface area contributed by atoms with E-state index in [0.717, 1.165) is 17.0 Å². The van der Waals surface area contributed by atoms with E-state index in [4.69, 9.17) is 4.98 Å². The molecule has 2 aromatic rings. The van der Waals surface area contributed by atoms with Crippen LogP contribution in [0.1, 0.15) is 67.0 Å². The molecule has 3 fully saturated rings. The molecule has 1 saturated carbocycles. The van der Waals surface area contributed by atoms with Crippen molar-refractivity contribution in [1.29, 1.82) is 0 Å². The molecule has 4 atom stereocenters. The number of nitrogens with zero attached hydrogens (tertiary/aromatic N) is 2. The van der Waals surface area contributed by atoms with Crippen LogP contribution in [0.3, 0.4) is 0 Å². The summed E-state index contributed by atoms with van der Waals surface area (Å²) in [5.41, 5.74) is 3.39. The van der Waals surface area contributed by atoms with Crippen LogP contribution in [-0.2, 0) is 16.8 Å². The zero-order valence-electron chi connectivity index (χ0n) is 22.0. The summed E-state index contributed by atoms with van der Waals surface area (Å²) in [5.74, 6) is -3.05. The van der Waals surface area contributed by atoms with Crippen molar-refractivity contribution in [2.45, 2.75) is 75.3 Å². The number of amides is 1. The van der Waals surface area contributed by atoms with Gasteiger partial charge in [-0.1, -0.05) is 24.3 Å². The molecule has 0 unspecified atom stereocenters. The van der Waals surface area contributed by atoms with Crippen LogP contribution in [0.15, 0.2) is 36.4 Å². The maximum absolute atomic E-state index is 14.8. The lowest BCUT2D eigenvalue weighted by atomic mass is 9.68. The van der Waals surface area contributed by atoms with E-state index >= 15 is 0 Å². The number of nitrogens with one attached hydrogen (secondary N) is 2. The fraction of sp³-hybridized carbons (Fsp3) is 0.600. The van der Waals surface area contributed by atoms with E-state index in [1.165, 1.54) is 6.07 Å². The highest BCUT2D eigenvalue weighted by Gasteiger charge is 2.53. The van der Waals surface area contributed by atoms with Crippen LogP contribution in [0.25, 0.3) is 0 Å². The number of alkyl halides is 2. The van der Waals surface area contributed by atoms with Crippen LogP contribution in [0.2, 0.25) is 0 Å². The quantitative estimate of drug-likeness (QED) is 0.610. The number of rotatable bonds is 3. The van der Waals surface area contributed by atoms with E-state index in [1.54, 1.807) is 6.07 Å². The number of aromatic nitrogens is 1. The molecule has 38 heavy (non-hydrogen) atoms. The smallest absolute Gasteiger partial charge is 0.248 e. The summed E-state index contributed by atoms with van der Waals surface area (Å²) in [6, 6.07) is 10.9. The molecule has 204 valence electrons. The second-order valence-corrected chi connectivity index (χ2v) is 11.9. The highest BCUT2D eigenvalue weighted by molar-refractivity contribution is 5.82. The van der Waals surface area contributed by atoms with Gasteiger partial charge >= 0.3 is 0 Å². The second kappa shape index (κ2) is 9.94. The normalized spacial score (nSPS) is 31.4. The van der Waals surface area contributed by atoms with Crippen LogP contribution >= 0.6 is 0 Å². The van der Waals surface area contributed by atoms with Crippen LogP contribution in [0.5, 0.6) is 0 Å². The van der Waals surface area contributed by atoms with Crippen molar-refractivity contribution < 1.29 is 18.0 Å². The lowest BCUT2D eigenvalue weighted by molar-refractivity contribution is -0.144. The van der Waals surface area contributed by atoms with Crippen molar-refractivity contribution in [3.63, 3.8) is 0 Å². The number of aryl methyl sites for hydroxylation is 1. The maximum atomic E-state index is 14.8. The summed E-state index contributed by atoms with van der Waals surface area (Å²) in [4.78, 5) is 21.2. The van der Waals surface area contributed by atoms with Gasteiger partial charge in [0.1, 0.15) is 5.82 Å². The minimum absolute atomic E-state index is 0.000422. The Labute approximate surface area is 222 Å². The van der Waals surface area contributed by atoms with E-state index < -0.39 is 11.3 Å². The summed E-state index contributed by atoms with van der Waals surface area (Å²) in [7, 11) is 0. The van der Waals surface area contributed by atoms with Crippen molar-refractivity contribution in [1.82, 2.24) is 20.5 Å². The van der Waals surface area contributed by atoms with Crippen LogP contribution < -0.4 is 10.6 Å². The summed E-state index contributed by atoms with van der Waals surface area (Å²) >= 11 is 0. The number of hydrogen-bond donors (Lipinski definition) is 2. The third kappa shape index (κ3) is 4.53. The molecule has 1 aliphatic carbocycles. The average Bonchev–Trinajstić information content (AvgIpc) is 3.32. The number of benzene rings is 1. The molecule has 1 amide bonds. The minimum Gasteiger partial charge on any atom is -0.339 e. The topological polar surface area (TPSA) is 57.3 Å². The first-order valence-corrected chi connectivity index (χ1v) is 14.1. The van der Waals surface area contributed by atoms with Gasteiger partial charge in [0.15, 0.2) is 0 Å². The molecule has 0 bridgehead atoms. The molecule has 6 rings (SSSR count). The van der Waals surface area contributed by atoms with Gasteiger partial charge in [-0.05, 0) is 67.7 Å². The minimum atomic E-state index is -2.63. The first-order chi connectivity index (χ1) is 18.3. The fourth-order valence-electron chi connectivity index (χ4n) is 7.70. The highest BCUT2D eigenvalue weighted by atomic mass is 19.3. The Morgan fingerprint density at radius 2 is 1.82 bits per heavy atom. The number of halogens is 3. The summed E-state index contributed by atoms with van der Waals surface area (Å²) < 4.78 is 42.9. The van der Waals surface area contributed by atoms with Crippen molar-refractivity contribution in [2.75, 3.05) is 26.2 Å². The summed E-state index contributed by atoms with van der Waals surface area (Å²) in [5, 5.41) is 7.00. The molecule has 8 heteroatoms. The van der Waals surface area contributed by atoms with E-state index in [0.29, 0.717) is 64.0 Å². The van der Waals surface area contributed by atoms with Crippen LogP contribution in [0.4, 0.5) is 13.2 Å². The number of pyridine rings is 1. The molecule has 5 nitrogen and oxygen atoms in total. The molecular formula is C30H37F3N4O. The van der Waals surface area contributed by atoms with Crippen molar-refractivity contribution in [3.05, 3.63) is 64.7 Å². The predicted octanol–water partition coefficient (Wildman–Crippen LogP) is 4.69. The van der Waals surface area contributed by atoms with Crippen molar-refractivity contribution >= 4 is 5.91 Å². The molecule has 1 aromatic heterocycles. The summed E-state index contributed by atoms with van der Waals surface area (Å²) in [6.07, 6.45) is 1.80. The van der Waals surface area contributed by atoms with Crippen molar-refractivity contribution in [2.24, 2.45) is 11.8 Å². The Morgan fingerprint density at radius 1 is 1.05 bits per heavy atom. The lowest BCUT2D eigenvalue weighted by Gasteiger charge is -2.48. The molecule has 3 aliphatic heterocycles. The van der Waals surface area contributed by atoms with Crippen LogP contribution in [0, 0.1) is 24.6 Å². The Kier molecular flexibility index (Phi) is 6.75. The van der Waals surface area contributed by atoms with Crippen molar-refractivity contribution in [3.8, 4) is 0 Å². The number of carbonyl (C=O) groups is 1. The third-order valence-electron chi connectivity index (χ3n) is 9.72. The summed E-state index contributed by atoms with van der Waals surface area (Å²) in [6.45, 7) is 5.16. The fourth-order valence-corrected chi connectivity index (χ4v) is 7.70. The Balaban J connectivity index is 1.31. The number of hydrogen-bond acceptors (Lipinski definition) is 4. The Morgan fingerprint density at radius 3 is 2.61 bits per heavy atom. The number of carbonyl (C=O) groups excluding carboxylic acids is 1. The highest BCUT2D eigenvalue weighted by Crippen LogP contribution is 2.46. The third-order valence-corrected chi connectivity index (χ3v) is 9.72. The molecule has 0 radical (unpaired) electrons. The molecule has 4 heterocycles. The average molecular weight is 527 g/mol. The SMILES string of the molecule is Cc1ccc2c(n1)CNC[C@]21CNC[C@H]1C(=O)N1CC[C@@H](c2ccccc2F)C[C@H]1C1CCC(F)(F)CC1. The number of likely N-dealkylation sites (tertiary alicyclic amines) is 1. The number of piperidine rings is 1. The van der Waals surface area contributed by atoms with Crippen LogP contribution in [-0.4, -0.2) is 53.9 Å². The van der Waals surface area contributed by atoms with Gasteiger partial charge in [-0.15, -0.1) is 0 Å². The standard InChI is InChI=1S/C30H37F3N4O/c1-19-6-7-23-26(36-19)16-35-18-29(23)17-34-15-24(29)28(38)37-13-10-21(22-4-2-3-5-25(22)31)14-27(37)20-8-11-30(32,33)12-9-20/h2-7,20-21,24,27,34-35H,8-18H2,1H3/t21-,24+,27+,29-/m1/s1. The maximum Gasteiger partial charge on any atom is 0.248 e. The molecule has 1 spiro atoms. The molecule has 1 aromatic carbocycles. The number of fused-ring (bicyclic) bond motifs is 2. The van der Waals surface area contributed by atoms with E-state index in [1.807, 2.05) is 30.0 Å². The first kappa shape index (κ1) is 25.8. The van der Waals surface area contributed by atoms with E-state index in [-0.39, 0.29) is 48.4 Å². The van der Waals surface area contributed by atoms with Gasteiger partial charge in [0, 0.05) is 62.7 Å². The van der Waals surface area contributed by atoms with Gasteiger partial charge in [-0.3, -0.25) is 9.78 Å². The Bertz CT molecular complexity index is 1200. The zero-order chi connectivity index (χ0) is 26.5. The first-order valence-electron chi connectivity index (χ1n) is 14.1. The second-order valence-electron chi connectivity index (χ2n) is 11.9. The molecular weight excluding hydrogens is 489 g/mol. The lowest BCUT2D eigenvalue weighted by Crippen LogP contribution is -2.58. The van der Waals surface area contributed by atoms with Gasteiger partial charge in [0.05, 0.1) is 11.6 Å². The van der Waals surface area contributed by atoms with Gasteiger partial charge in [-0.25, -0.2) is 13.2 Å². The van der Waals surface area contributed by atoms with Gasteiger partial charge in [0.2, 0.25) is 11.8 Å². The monoisotopic (exact) mass is 526 g/mol. The largest absolute Gasteiger partial charge is 0.339 e. The van der Waals surface area contributed by atoms with Gasteiger partial charge in [0.25, 0.3) is 0 Å². The van der Waals surface area contributed by atoms with E-state index in [2.05, 4.69) is 16.7 Å². The van der Waals surface area contributed by atoms with Gasteiger partial charge < -0.3 is 15.5 Å². The predicted molar refractivity (Wildman–Crippen MR) is 139 cm³/mol.